The number of anilines is 1. The van der Waals surface area contributed by atoms with Crippen molar-refractivity contribution in [2.45, 2.75) is 36.6 Å². The Labute approximate surface area is 153 Å². The zero-order valence-corrected chi connectivity index (χ0v) is 15.2. The van der Waals surface area contributed by atoms with Crippen LogP contribution in [0.4, 0.5) is 5.69 Å². The summed E-state index contributed by atoms with van der Waals surface area (Å²) in [5, 5.41) is 3.12. The second-order valence-corrected chi connectivity index (χ2v) is 8.90. The molecule has 2 N–H and O–H groups in total. The molecule has 0 aliphatic heterocycles. The summed E-state index contributed by atoms with van der Waals surface area (Å²) in [5.74, 6) is 1.09. The minimum atomic E-state index is -3.73. The molecule has 2 aromatic carbocycles. The van der Waals surface area contributed by atoms with Gasteiger partial charge < -0.3 is 5.32 Å². The molecule has 0 unspecified atom stereocenters. The Bertz CT molecular complexity index is 912. The fourth-order valence-electron chi connectivity index (χ4n) is 4.24. The van der Waals surface area contributed by atoms with Crippen LogP contribution in [-0.2, 0) is 10.0 Å². The largest absolute Gasteiger partial charge is 0.349 e. The summed E-state index contributed by atoms with van der Waals surface area (Å²) in [5.41, 5.74) is 0.659. The molecule has 1 amide bonds. The average Bonchev–Trinajstić information content (AvgIpc) is 3.25. The highest BCUT2D eigenvalue weighted by Crippen LogP contribution is 2.44. The summed E-state index contributed by atoms with van der Waals surface area (Å²) < 4.78 is 27.7. The fraction of sp³-hybridized carbons (Fsp3) is 0.350. The molecule has 2 bridgehead atoms. The molecule has 5 nitrogen and oxygen atoms in total. The van der Waals surface area contributed by atoms with Crippen molar-refractivity contribution >= 4 is 21.6 Å². The van der Waals surface area contributed by atoms with Crippen LogP contribution in [0.1, 0.15) is 36.0 Å². The van der Waals surface area contributed by atoms with Crippen LogP contribution in [0, 0.1) is 11.8 Å². The van der Waals surface area contributed by atoms with Crippen LogP contribution in [0.15, 0.2) is 59.5 Å². The lowest BCUT2D eigenvalue weighted by molar-refractivity contribution is 0.0924. The smallest absolute Gasteiger partial charge is 0.261 e. The average molecular weight is 370 g/mol. The number of sulfonamides is 1. The minimum Gasteiger partial charge on any atom is -0.349 e. The number of hydrogen-bond acceptors (Lipinski definition) is 3. The zero-order chi connectivity index (χ0) is 18.1. The monoisotopic (exact) mass is 370 g/mol. The maximum Gasteiger partial charge on any atom is 0.261 e. The van der Waals surface area contributed by atoms with Gasteiger partial charge in [-0.2, -0.15) is 0 Å². The van der Waals surface area contributed by atoms with E-state index in [9.17, 15) is 13.2 Å². The first-order valence-corrected chi connectivity index (χ1v) is 10.5. The number of hydrogen-bond donors (Lipinski definition) is 2. The van der Waals surface area contributed by atoms with Crippen molar-refractivity contribution in [2.75, 3.05) is 4.72 Å². The van der Waals surface area contributed by atoms with Gasteiger partial charge in [-0.05, 0) is 55.4 Å². The number of amides is 1. The summed E-state index contributed by atoms with van der Waals surface area (Å²) in [7, 11) is -3.73. The lowest BCUT2D eigenvalue weighted by atomic mass is 9.95. The first kappa shape index (κ1) is 17.1. The van der Waals surface area contributed by atoms with Gasteiger partial charge in [0.05, 0.1) is 16.1 Å². The molecule has 2 saturated carbocycles. The van der Waals surface area contributed by atoms with Gasteiger partial charge in [-0.25, -0.2) is 8.42 Å². The highest BCUT2D eigenvalue weighted by molar-refractivity contribution is 7.92. The molecule has 6 heteroatoms. The Morgan fingerprint density at radius 3 is 2.35 bits per heavy atom. The normalized spacial score (nSPS) is 24.4. The second kappa shape index (κ2) is 6.76. The predicted octanol–water partition coefficient (Wildman–Crippen LogP) is 3.41. The number of carbonyl (C=O) groups excluding carboxylic acids is 1. The van der Waals surface area contributed by atoms with Crippen LogP contribution in [0.2, 0.25) is 0 Å². The molecule has 0 heterocycles. The Balaban J connectivity index is 1.54. The summed E-state index contributed by atoms with van der Waals surface area (Å²) in [6.45, 7) is 0. The molecule has 3 atom stereocenters. The number of para-hydroxylation sites is 1. The van der Waals surface area contributed by atoms with Crippen LogP contribution >= 0.6 is 0 Å². The maximum atomic E-state index is 12.8. The zero-order valence-electron chi connectivity index (χ0n) is 14.4. The van der Waals surface area contributed by atoms with Gasteiger partial charge in [0.25, 0.3) is 15.9 Å². The summed E-state index contributed by atoms with van der Waals surface area (Å²) >= 11 is 0. The molecular formula is C20H22N2O3S. The standard InChI is InChI=1S/C20H22N2O3S/c23-20(21-19-13-14-10-11-15(19)12-14)17-8-4-5-9-18(17)22-26(24,25)16-6-2-1-3-7-16/h1-9,14-15,19,22H,10-13H2,(H,21,23)/t14-,15+,19-/m0/s1. The highest BCUT2D eigenvalue weighted by Gasteiger charge is 2.40. The Morgan fingerprint density at radius 1 is 0.923 bits per heavy atom. The van der Waals surface area contributed by atoms with Crippen LogP contribution < -0.4 is 10.0 Å². The van der Waals surface area contributed by atoms with Crippen molar-refractivity contribution in [2.24, 2.45) is 11.8 Å². The third kappa shape index (κ3) is 3.33. The molecular weight excluding hydrogens is 348 g/mol. The van der Waals surface area contributed by atoms with Crippen molar-refractivity contribution < 1.29 is 13.2 Å². The molecule has 0 spiro atoms. The molecule has 136 valence electrons. The number of nitrogens with one attached hydrogen (secondary N) is 2. The summed E-state index contributed by atoms with van der Waals surface area (Å²) in [4.78, 5) is 12.9. The van der Waals surface area contributed by atoms with Gasteiger partial charge in [-0.1, -0.05) is 36.8 Å². The third-order valence-electron chi connectivity index (χ3n) is 5.52. The van der Waals surface area contributed by atoms with E-state index in [-0.39, 0.29) is 16.8 Å². The van der Waals surface area contributed by atoms with E-state index in [2.05, 4.69) is 10.0 Å². The van der Waals surface area contributed by atoms with Gasteiger partial charge in [0.2, 0.25) is 0 Å². The number of fused-ring (bicyclic) bond motifs is 2. The lowest BCUT2D eigenvalue weighted by Gasteiger charge is -2.23. The lowest BCUT2D eigenvalue weighted by Crippen LogP contribution is -2.38. The van der Waals surface area contributed by atoms with Crippen molar-refractivity contribution in [1.82, 2.24) is 5.32 Å². The van der Waals surface area contributed by atoms with Crippen molar-refractivity contribution in [3.63, 3.8) is 0 Å². The fourth-order valence-corrected chi connectivity index (χ4v) is 5.34. The van der Waals surface area contributed by atoms with Crippen molar-refractivity contribution in [1.29, 1.82) is 0 Å². The van der Waals surface area contributed by atoms with Gasteiger partial charge in [-0.15, -0.1) is 0 Å². The number of carbonyl (C=O) groups is 1. The molecule has 26 heavy (non-hydrogen) atoms. The molecule has 0 radical (unpaired) electrons. The quantitative estimate of drug-likeness (QED) is 0.847. The van der Waals surface area contributed by atoms with Gasteiger partial charge in [0.15, 0.2) is 0 Å². The van der Waals surface area contributed by atoms with Crippen LogP contribution in [-0.4, -0.2) is 20.4 Å². The second-order valence-electron chi connectivity index (χ2n) is 7.22. The Kier molecular flexibility index (Phi) is 4.44. The van der Waals surface area contributed by atoms with E-state index >= 15 is 0 Å². The van der Waals surface area contributed by atoms with Crippen LogP contribution in [0.25, 0.3) is 0 Å². The molecule has 0 aromatic heterocycles. The highest BCUT2D eigenvalue weighted by atomic mass is 32.2. The SMILES string of the molecule is O=C(N[C@H]1C[C@H]2CC[C@@H]1C2)c1ccccc1NS(=O)(=O)c1ccccc1. The molecule has 0 saturated heterocycles. The van der Waals surface area contributed by atoms with E-state index in [0.717, 1.165) is 12.3 Å². The molecule has 4 rings (SSSR count). The van der Waals surface area contributed by atoms with E-state index < -0.39 is 10.0 Å². The molecule has 2 aliphatic rings. The molecule has 2 aliphatic carbocycles. The minimum absolute atomic E-state index is 0.170. The third-order valence-corrected chi connectivity index (χ3v) is 6.91. The van der Waals surface area contributed by atoms with Crippen molar-refractivity contribution in [3.05, 3.63) is 60.2 Å². The van der Waals surface area contributed by atoms with E-state index in [1.807, 2.05) is 0 Å². The predicted molar refractivity (Wildman–Crippen MR) is 100 cm³/mol. The van der Waals surface area contributed by atoms with E-state index in [1.54, 1.807) is 42.5 Å². The van der Waals surface area contributed by atoms with Gasteiger partial charge in [-0.3, -0.25) is 9.52 Å². The summed E-state index contributed by atoms with van der Waals surface area (Å²) in [6, 6.07) is 15.1. The van der Waals surface area contributed by atoms with E-state index in [1.165, 1.54) is 31.4 Å². The first-order valence-electron chi connectivity index (χ1n) is 9.01. The van der Waals surface area contributed by atoms with Crippen LogP contribution in [0.5, 0.6) is 0 Å². The first-order chi connectivity index (χ1) is 12.5. The van der Waals surface area contributed by atoms with Gasteiger partial charge in [0.1, 0.15) is 0 Å². The Morgan fingerprint density at radius 2 is 1.65 bits per heavy atom. The molecule has 2 aromatic rings. The maximum absolute atomic E-state index is 12.8. The van der Waals surface area contributed by atoms with Crippen molar-refractivity contribution in [3.8, 4) is 0 Å². The Hall–Kier alpha value is -2.34. The van der Waals surface area contributed by atoms with Gasteiger partial charge >= 0.3 is 0 Å². The van der Waals surface area contributed by atoms with E-state index in [4.69, 9.17) is 0 Å². The molecule has 2 fully saturated rings. The van der Waals surface area contributed by atoms with Gasteiger partial charge in [0, 0.05) is 6.04 Å². The van der Waals surface area contributed by atoms with E-state index in [0.29, 0.717) is 17.2 Å². The summed E-state index contributed by atoms with van der Waals surface area (Å²) in [6.07, 6.45) is 4.68. The topological polar surface area (TPSA) is 75.3 Å². The van der Waals surface area contributed by atoms with Crippen LogP contribution in [0.3, 0.4) is 0 Å². The number of rotatable bonds is 5. The number of benzene rings is 2.